The van der Waals surface area contributed by atoms with E-state index in [1.807, 2.05) is 20.1 Å². The quantitative estimate of drug-likeness (QED) is 0.793. The first-order chi connectivity index (χ1) is 9.75. The fourth-order valence-electron chi connectivity index (χ4n) is 1.45. The lowest BCUT2D eigenvalue weighted by Gasteiger charge is -2.22. The van der Waals surface area contributed by atoms with Crippen LogP contribution in [0.1, 0.15) is 29.8 Å². The summed E-state index contributed by atoms with van der Waals surface area (Å²) in [6.07, 6.45) is 4.12. The Morgan fingerprint density at radius 1 is 1.43 bits per heavy atom. The third-order valence-electron chi connectivity index (χ3n) is 2.88. The van der Waals surface area contributed by atoms with Crippen molar-refractivity contribution in [2.45, 2.75) is 18.6 Å². The molecule has 0 radical (unpaired) electrons. The minimum atomic E-state index is -1.11. The average molecular weight is 311 g/mol. The van der Waals surface area contributed by atoms with E-state index < -0.39 is 17.7 Å². The summed E-state index contributed by atoms with van der Waals surface area (Å²) in [6, 6.07) is 3.98. The van der Waals surface area contributed by atoms with E-state index in [2.05, 4.69) is 5.32 Å². The molecule has 6 heteroatoms. The molecule has 0 spiro atoms. The van der Waals surface area contributed by atoms with Crippen LogP contribution in [0.3, 0.4) is 0 Å². The summed E-state index contributed by atoms with van der Waals surface area (Å²) in [4.78, 5) is 22.3. The van der Waals surface area contributed by atoms with Crippen molar-refractivity contribution in [1.29, 1.82) is 0 Å². The highest BCUT2D eigenvalue weighted by molar-refractivity contribution is 7.99. The molecule has 2 N–H and O–H groups in total. The Morgan fingerprint density at radius 3 is 2.62 bits per heavy atom. The number of carboxylic acids is 1. The summed E-state index contributed by atoms with van der Waals surface area (Å²) in [5.74, 6) is -2.28. The van der Waals surface area contributed by atoms with Gasteiger partial charge in [-0.1, -0.05) is 6.07 Å². The van der Waals surface area contributed by atoms with Crippen LogP contribution in [-0.2, 0) is 4.79 Å². The van der Waals surface area contributed by atoms with Crippen LogP contribution >= 0.6 is 11.8 Å². The minimum Gasteiger partial charge on any atom is -0.478 e. The van der Waals surface area contributed by atoms with Crippen molar-refractivity contribution in [2.24, 2.45) is 0 Å². The van der Waals surface area contributed by atoms with Crippen LogP contribution in [0.25, 0.3) is 6.08 Å². The molecule has 0 aliphatic rings. The van der Waals surface area contributed by atoms with Gasteiger partial charge in [0.15, 0.2) is 0 Å². The summed E-state index contributed by atoms with van der Waals surface area (Å²) in [5.41, 5.74) is 0.329. The number of carbonyl (C=O) groups excluding carboxylic acids is 1. The molecule has 114 valence electrons. The van der Waals surface area contributed by atoms with Gasteiger partial charge in [-0.25, -0.2) is 9.18 Å². The van der Waals surface area contributed by atoms with Gasteiger partial charge >= 0.3 is 5.97 Å². The molecule has 0 atom stereocenters. The number of carbonyl (C=O) groups is 2. The Hall–Kier alpha value is -1.82. The predicted octanol–water partition coefficient (Wildman–Crippen LogP) is 2.79. The second kappa shape index (κ2) is 7.26. The highest BCUT2D eigenvalue weighted by atomic mass is 32.2. The molecule has 0 bridgehead atoms. The lowest BCUT2D eigenvalue weighted by atomic mass is 10.1. The maximum Gasteiger partial charge on any atom is 0.328 e. The van der Waals surface area contributed by atoms with Gasteiger partial charge in [0, 0.05) is 17.4 Å². The Morgan fingerprint density at radius 2 is 2.10 bits per heavy atom. The predicted molar refractivity (Wildman–Crippen MR) is 83.0 cm³/mol. The zero-order valence-corrected chi connectivity index (χ0v) is 13.0. The highest BCUT2D eigenvalue weighted by Crippen LogP contribution is 2.20. The van der Waals surface area contributed by atoms with Crippen molar-refractivity contribution in [3.8, 4) is 0 Å². The van der Waals surface area contributed by atoms with E-state index in [0.29, 0.717) is 12.1 Å². The summed E-state index contributed by atoms with van der Waals surface area (Å²) in [6.45, 7) is 4.38. The topological polar surface area (TPSA) is 66.4 Å². The second-order valence-corrected chi connectivity index (χ2v) is 6.57. The second-order valence-electron chi connectivity index (χ2n) is 5.06. The van der Waals surface area contributed by atoms with Crippen molar-refractivity contribution in [3.05, 3.63) is 41.2 Å². The van der Waals surface area contributed by atoms with Crippen molar-refractivity contribution in [1.82, 2.24) is 5.32 Å². The molecule has 0 unspecified atom stereocenters. The Bertz CT molecular complexity index is 570. The maximum absolute atomic E-state index is 13.9. The number of amides is 1. The van der Waals surface area contributed by atoms with E-state index in [4.69, 9.17) is 5.11 Å². The first kappa shape index (κ1) is 17.2. The van der Waals surface area contributed by atoms with Gasteiger partial charge in [-0.3, -0.25) is 4.79 Å². The van der Waals surface area contributed by atoms with Crippen LogP contribution in [0, 0.1) is 5.82 Å². The highest BCUT2D eigenvalue weighted by Gasteiger charge is 2.19. The Labute approximate surface area is 127 Å². The molecular weight excluding hydrogens is 293 g/mol. The molecule has 4 nitrogen and oxygen atoms in total. The number of aliphatic carboxylic acids is 1. The van der Waals surface area contributed by atoms with Crippen molar-refractivity contribution >= 4 is 29.7 Å². The fraction of sp³-hybridized carbons (Fsp3) is 0.333. The normalized spacial score (nSPS) is 11.6. The summed E-state index contributed by atoms with van der Waals surface area (Å²) in [7, 11) is 0. The van der Waals surface area contributed by atoms with E-state index in [-0.39, 0.29) is 10.3 Å². The summed E-state index contributed by atoms with van der Waals surface area (Å²) in [5, 5.41) is 11.2. The largest absolute Gasteiger partial charge is 0.478 e. The lowest BCUT2D eigenvalue weighted by molar-refractivity contribution is -0.131. The van der Waals surface area contributed by atoms with Gasteiger partial charge in [0.25, 0.3) is 5.91 Å². The van der Waals surface area contributed by atoms with E-state index in [1.54, 1.807) is 11.8 Å². The Kier molecular flexibility index (Phi) is 5.96. The molecule has 0 aliphatic heterocycles. The number of halogens is 1. The number of rotatable bonds is 6. The average Bonchev–Trinajstić information content (AvgIpc) is 2.42. The van der Waals surface area contributed by atoms with E-state index in [1.165, 1.54) is 18.2 Å². The number of carboxylic acid groups (broad SMARTS) is 1. The van der Waals surface area contributed by atoms with Gasteiger partial charge in [-0.2, -0.15) is 11.8 Å². The zero-order valence-electron chi connectivity index (χ0n) is 12.1. The van der Waals surface area contributed by atoms with Crippen LogP contribution in [0.2, 0.25) is 0 Å². The monoisotopic (exact) mass is 311 g/mol. The zero-order chi connectivity index (χ0) is 16.0. The molecule has 0 saturated carbocycles. The third-order valence-corrected chi connectivity index (χ3v) is 4.13. The smallest absolute Gasteiger partial charge is 0.328 e. The molecule has 1 amide bonds. The molecule has 1 aromatic rings. The number of thioether (sulfide) groups is 1. The number of benzene rings is 1. The first-order valence-electron chi connectivity index (χ1n) is 6.29. The molecule has 0 heterocycles. The van der Waals surface area contributed by atoms with Gasteiger partial charge in [0.1, 0.15) is 5.82 Å². The molecule has 1 aromatic carbocycles. The SMILES string of the molecule is CSC(C)(C)CNC(=O)c1ccc(/C=C/C(=O)O)cc1F. The third kappa shape index (κ3) is 5.59. The van der Waals surface area contributed by atoms with Gasteiger partial charge in [-0.15, -0.1) is 0 Å². The summed E-state index contributed by atoms with van der Waals surface area (Å²) >= 11 is 1.61. The van der Waals surface area contributed by atoms with Crippen LogP contribution in [0.15, 0.2) is 24.3 Å². The van der Waals surface area contributed by atoms with Gasteiger partial charge in [-0.05, 0) is 43.9 Å². The molecule has 0 aliphatic carbocycles. The standard InChI is InChI=1S/C15H18FNO3S/c1-15(2,21-3)9-17-14(20)11-6-4-10(8-12(11)16)5-7-13(18)19/h4-8H,9H2,1-3H3,(H,17,20)(H,18,19)/b7-5+. The van der Waals surface area contributed by atoms with Crippen LogP contribution in [0.5, 0.6) is 0 Å². The first-order valence-corrected chi connectivity index (χ1v) is 7.51. The number of hydrogen-bond acceptors (Lipinski definition) is 3. The molecule has 0 aromatic heterocycles. The fourth-order valence-corrected chi connectivity index (χ4v) is 1.66. The van der Waals surface area contributed by atoms with E-state index >= 15 is 0 Å². The summed E-state index contributed by atoms with van der Waals surface area (Å²) < 4.78 is 13.8. The van der Waals surface area contributed by atoms with Gasteiger partial charge < -0.3 is 10.4 Å². The number of hydrogen-bond donors (Lipinski definition) is 2. The minimum absolute atomic E-state index is 0.0561. The Balaban J connectivity index is 2.80. The molecule has 0 saturated heterocycles. The van der Waals surface area contributed by atoms with E-state index in [0.717, 1.165) is 12.1 Å². The van der Waals surface area contributed by atoms with Crippen molar-refractivity contribution in [2.75, 3.05) is 12.8 Å². The van der Waals surface area contributed by atoms with Crippen molar-refractivity contribution < 1.29 is 19.1 Å². The van der Waals surface area contributed by atoms with Crippen LogP contribution < -0.4 is 5.32 Å². The molecular formula is C15H18FNO3S. The van der Waals surface area contributed by atoms with Crippen molar-refractivity contribution in [3.63, 3.8) is 0 Å². The van der Waals surface area contributed by atoms with Gasteiger partial charge in [0.05, 0.1) is 5.56 Å². The van der Waals surface area contributed by atoms with Crippen LogP contribution in [-0.4, -0.2) is 34.5 Å². The van der Waals surface area contributed by atoms with E-state index in [9.17, 15) is 14.0 Å². The molecule has 1 rings (SSSR count). The van der Waals surface area contributed by atoms with Crippen LogP contribution in [0.4, 0.5) is 4.39 Å². The maximum atomic E-state index is 13.9. The molecule has 0 fully saturated rings. The lowest BCUT2D eigenvalue weighted by Crippen LogP contribution is -2.36. The number of nitrogens with one attached hydrogen (secondary N) is 1. The van der Waals surface area contributed by atoms with Gasteiger partial charge in [0.2, 0.25) is 0 Å². The molecule has 21 heavy (non-hydrogen) atoms.